The van der Waals surface area contributed by atoms with Gasteiger partial charge in [0.2, 0.25) is 0 Å². The van der Waals surface area contributed by atoms with E-state index in [0.29, 0.717) is 17.6 Å². The largest absolute Gasteiger partial charge is 0.378 e. The number of hydrogen-bond acceptors (Lipinski definition) is 2. The van der Waals surface area contributed by atoms with Crippen molar-refractivity contribution in [2.75, 3.05) is 6.61 Å². The first-order valence-electron chi connectivity index (χ1n) is 4.63. The zero-order valence-corrected chi connectivity index (χ0v) is 7.18. The molecule has 1 unspecified atom stereocenters. The molecule has 0 aromatic heterocycles. The van der Waals surface area contributed by atoms with Crippen LogP contribution in [0, 0.1) is 5.41 Å². The summed E-state index contributed by atoms with van der Waals surface area (Å²) in [6.45, 7) is 3.07. The lowest BCUT2D eigenvalue weighted by atomic mass is 9.77. The minimum Gasteiger partial charge on any atom is -0.378 e. The monoisotopic (exact) mass is 155 g/mol. The maximum atomic E-state index is 5.99. The molecule has 0 aromatic rings. The number of fused-ring (bicyclic) bond motifs is 1. The fourth-order valence-electron chi connectivity index (χ4n) is 2.74. The molecular formula is C9H17NO. The average Bonchev–Trinajstić information content (AvgIpc) is 2.40. The lowest BCUT2D eigenvalue weighted by molar-refractivity contribution is 0.0611. The van der Waals surface area contributed by atoms with E-state index in [9.17, 15) is 0 Å². The van der Waals surface area contributed by atoms with Crippen LogP contribution in [0.2, 0.25) is 0 Å². The first-order chi connectivity index (χ1) is 5.26. The molecule has 1 heterocycles. The van der Waals surface area contributed by atoms with Crippen molar-refractivity contribution in [1.82, 2.24) is 0 Å². The van der Waals surface area contributed by atoms with Gasteiger partial charge in [0.15, 0.2) is 0 Å². The van der Waals surface area contributed by atoms with E-state index in [1.165, 1.54) is 25.7 Å². The summed E-state index contributed by atoms with van der Waals surface area (Å²) in [6.07, 6.45) is 5.51. The van der Waals surface area contributed by atoms with Crippen molar-refractivity contribution in [2.24, 2.45) is 11.1 Å². The maximum absolute atomic E-state index is 5.99. The van der Waals surface area contributed by atoms with Crippen molar-refractivity contribution in [2.45, 2.75) is 44.8 Å². The van der Waals surface area contributed by atoms with E-state index in [1.807, 2.05) is 0 Å². The molecule has 0 bridgehead atoms. The second kappa shape index (κ2) is 2.46. The van der Waals surface area contributed by atoms with Gasteiger partial charge in [0.1, 0.15) is 0 Å². The Morgan fingerprint density at radius 2 is 2.36 bits per heavy atom. The molecule has 0 aromatic carbocycles. The zero-order chi connectivity index (χ0) is 7.90. The summed E-state index contributed by atoms with van der Waals surface area (Å²) in [5, 5.41) is 0. The zero-order valence-electron chi connectivity index (χ0n) is 7.18. The Morgan fingerprint density at radius 1 is 1.55 bits per heavy atom. The molecule has 0 amide bonds. The first-order valence-corrected chi connectivity index (χ1v) is 4.63. The fraction of sp³-hybridized carbons (Fsp3) is 1.00. The van der Waals surface area contributed by atoms with Gasteiger partial charge in [0.05, 0.1) is 6.10 Å². The van der Waals surface area contributed by atoms with Gasteiger partial charge in [-0.25, -0.2) is 0 Å². The van der Waals surface area contributed by atoms with Crippen molar-refractivity contribution >= 4 is 0 Å². The summed E-state index contributed by atoms with van der Waals surface area (Å²) in [5.74, 6) is 0. The van der Waals surface area contributed by atoms with Crippen molar-refractivity contribution in [3.8, 4) is 0 Å². The summed E-state index contributed by atoms with van der Waals surface area (Å²) in [6, 6.07) is 0.317. The smallest absolute Gasteiger partial charge is 0.0646 e. The van der Waals surface area contributed by atoms with Crippen LogP contribution in [0.25, 0.3) is 0 Å². The lowest BCUT2D eigenvalue weighted by Crippen LogP contribution is -2.42. The van der Waals surface area contributed by atoms with Crippen LogP contribution in [0.3, 0.4) is 0 Å². The molecule has 0 spiro atoms. The van der Waals surface area contributed by atoms with Crippen LogP contribution in [0.5, 0.6) is 0 Å². The lowest BCUT2D eigenvalue weighted by Gasteiger charge is -2.31. The van der Waals surface area contributed by atoms with Gasteiger partial charge in [-0.1, -0.05) is 6.42 Å². The fourth-order valence-corrected chi connectivity index (χ4v) is 2.74. The number of hydrogen-bond donors (Lipinski definition) is 1. The first kappa shape index (κ1) is 7.56. The van der Waals surface area contributed by atoms with Gasteiger partial charge < -0.3 is 10.5 Å². The van der Waals surface area contributed by atoms with E-state index in [1.54, 1.807) is 0 Å². The molecule has 2 fully saturated rings. The molecule has 11 heavy (non-hydrogen) atoms. The Morgan fingerprint density at radius 3 is 3.00 bits per heavy atom. The number of rotatable bonds is 1. The quantitative estimate of drug-likeness (QED) is 0.619. The molecule has 2 aliphatic rings. The minimum atomic E-state index is 0.317. The third-order valence-corrected chi connectivity index (χ3v) is 3.54. The highest BCUT2D eigenvalue weighted by atomic mass is 16.5. The summed E-state index contributed by atoms with van der Waals surface area (Å²) >= 11 is 0. The Hall–Kier alpha value is -0.0800. The second-order valence-electron chi connectivity index (χ2n) is 4.02. The molecule has 1 saturated carbocycles. The normalized spacial score (nSPS) is 45.8. The minimum absolute atomic E-state index is 0.317. The summed E-state index contributed by atoms with van der Waals surface area (Å²) < 4.78 is 5.66. The van der Waals surface area contributed by atoms with E-state index in [-0.39, 0.29) is 0 Å². The molecule has 2 nitrogen and oxygen atoms in total. The average molecular weight is 155 g/mol. The van der Waals surface area contributed by atoms with E-state index in [0.717, 1.165) is 6.61 Å². The summed E-state index contributed by atoms with van der Waals surface area (Å²) in [5.41, 5.74) is 6.35. The van der Waals surface area contributed by atoms with E-state index in [2.05, 4.69) is 6.92 Å². The number of ether oxygens (including phenoxy) is 1. The van der Waals surface area contributed by atoms with Gasteiger partial charge in [0.25, 0.3) is 0 Å². The van der Waals surface area contributed by atoms with Gasteiger partial charge in [0, 0.05) is 18.1 Å². The molecule has 1 aliphatic carbocycles. The second-order valence-corrected chi connectivity index (χ2v) is 4.02. The molecule has 1 aliphatic heterocycles. The van der Waals surface area contributed by atoms with Crippen LogP contribution in [-0.2, 0) is 4.74 Å². The van der Waals surface area contributed by atoms with Gasteiger partial charge in [-0.05, 0) is 26.2 Å². The number of nitrogens with two attached hydrogens (primary N) is 1. The Balaban J connectivity index is 2.20. The van der Waals surface area contributed by atoms with Gasteiger partial charge >= 0.3 is 0 Å². The molecule has 2 rings (SSSR count). The van der Waals surface area contributed by atoms with Crippen molar-refractivity contribution < 1.29 is 4.74 Å². The molecule has 1 saturated heterocycles. The molecule has 0 radical (unpaired) electrons. The predicted molar refractivity (Wildman–Crippen MR) is 44.3 cm³/mol. The standard InChI is InChI=1S/C9H17NO/c1-7(10)9-4-2-3-8(9)11-6-5-9/h7-8H,2-6,10H2,1H3/t7-,8-,9?/m1/s1. The van der Waals surface area contributed by atoms with Gasteiger partial charge in [-0.2, -0.15) is 0 Å². The Kier molecular flexibility index (Phi) is 1.69. The van der Waals surface area contributed by atoms with E-state index in [4.69, 9.17) is 10.5 Å². The maximum Gasteiger partial charge on any atom is 0.0646 e. The molecule has 3 atom stereocenters. The Bertz CT molecular complexity index is 146. The predicted octanol–water partition coefficient (Wildman–Crippen LogP) is 1.29. The highest BCUT2D eigenvalue weighted by Crippen LogP contribution is 2.48. The van der Waals surface area contributed by atoms with Crippen LogP contribution in [0.4, 0.5) is 0 Å². The van der Waals surface area contributed by atoms with Crippen molar-refractivity contribution in [3.05, 3.63) is 0 Å². The molecule has 64 valence electrons. The van der Waals surface area contributed by atoms with Crippen molar-refractivity contribution in [3.63, 3.8) is 0 Å². The van der Waals surface area contributed by atoms with E-state index >= 15 is 0 Å². The third-order valence-electron chi connectivity index (χ3n) is 3.54. The molecule has 2 N–H and O–H groups in total. The summed E-state index contributed by atoms with van der Waals surface area (Å²) in [4.78, 5) is 0. The SMILES string of the molecule is C[C@@H](N)C12CCC[C@H]1OCC2. The van der Waals surface area contributed by atoms with Gasteiger partial charge in [-0.3, -0.25) is 0 Å². The van der Waals surface area contributed by atoms with Crippen LogP contribution in [0.15, 0.2) is 0 Å². The van der Waals surface area contributed by atoms with Crippen LogP contribution in [-0.4, -0.2) is 18.8 Å². The molecule has 2 heteroatoms. The highest BCUT2D eigenvalue weighted by Gasteiger charge is 2.49. The molecular weight excluding hydrogens is 138 g/mol. The Labute approximate surface area is 68.1 Å². The summed E-state index contributed by atoms with van der Waals surface area (Å²) in [7, 11) is 0. The highest BCUT2D eigenvalue weighted by molar-refractivity contribution is 5.01. The van der Waals surface area contributed by atoms with Crippen molar-refractivity contribution in [1.29, 1.82) is 0 Å². The van der Waals surface area contributed by atoms with Crippen LogP contribution < -0.4 is 5.73 Å². The van der Waals surface area contributed by atoms with Crippen LogP contribution >= 0.6 is 0 Å². The van der Waals surface area contributed by atoms with E-state index < -0.39 is 0 Å². The topological polar surface area (TPSA) is 35.2 Å². The third kappa shape index (κ3) is 0.926. The van der Waals surface area contributed by atoms with Crippen LogP contribution in [0.1, 0.15) is 32.6 Å². The van der Waals surface area contributed by atoms with Gasteiger partial charge in [-0.15, -0.1) is 0 Å².